The van der Waals surface area contributed by atoms with Crippen LogP contribution in [0, 0.1) is 0 Å². The molecular weight excluding hydrogens is 212 g/mol. The van der Waals surface area contributed by atoms with Crippen molar-refractivity contribution in [3.63, 3.8) is 0 Å². The summed E-state index contributed by atoms with van der Waals surface area (Å²) in [6.07, 6.45) is 0. The third-order valence-electron chi connectivity index (χ3n) is 2.67. The van der Waals surface area contributed by atoms with Crippen molar-refractivity contribution in [2.45, 2.75) is 39.7 Å². The highest BCUT2D eigenvalue weighted by Crippen LogP contribution is 2.26. The zero-order valence-corrected chi connectivity index (χ0v) is 11.0. The molecule has 0 unspecified atom stereocenters. The van der Waals surface area contributed by atoms with Crippen LogP contribution in [0.1, 0.15) is 39.1 Å². The Hall–Kier alpha value is -1.35. The Morgan fingerprint density at radius 3 is 2.71 bits per heavy atom. The third-order valence-corrected chi connectivity index (χ3v) is 2.67. The van der Waals surface area contributed by atoms with Gasteiger partial charge in [-0.1, -0.05) is 33.8 Å². The van der Waals surface area contributed by atoms with Crippen LogP contribution in [-0.4, -0.2) is 11.5 Å². The summed E-state index contributed by atoms with van der Waals surface area (Å²) < 4.78 is 5.76. The Morgan fingerprint density at radius 2 is 2.06 bits per heavy atom. The fourth-order valence-electron chi connectivity index (χ4n) is 1.67. The molecule has 2 aromatic rings. The molecule has 1 heterocycles. The highest BCUT2D eigenvalue weighted by atomic mass is 16.3. The van der Waals surface area contributed by atoms with Gasteiger partial charge in [-0.3, -0.25) is 0 Å². The Kier molecular flexibility index (Phi) is 3.20. The molecule has 0 saturated carbocycles. The van der Waals surface area contributed by atoms with Gasteiger partial charge >= 0.3 is 0 Å². The van der Waals surface area contributed by atoms with E-state index >= 15 is 0 Å². The van der Waals surface area contributed by atoms with E-state index in [1.54, 1.807) is 0 Å². The van der Waals surface area contributed by atoms with Crippen molar-refractivity contribution in [1.29, 1.82) is 0 Å². The highest BCUT2D eigenvalue weighted by molar-refractivity contribution is 5.73. The van der Waals surface area contributed by atoms with E-state index in [4.69, 9.17) is 4.42 Å². The summed E-state index contributed by atoms with van der Waals surface area (Å²) >= 11 is 0. The molecule has 92 valence electrons. The predicted octanol–water partition coefficient (Wildman–Crippen LogP) is 3.23. The molecule has 0 saturated heterocycles. The van der Waals surface area contributed by atoms with Crippen LogP contribution in [0.5, 0.6) is 0 Å². The van der Waals surface area contributed by atoms with E-state index in [2.05, 4.69) is 50.1 Å². The molecule has 0 radical (unpaired) electrons. The van der Waals surface area contributed by atoms with Gasteiger partial charge in [0.1, 0.15) is 5.52 Å². The van der Waals surface area contributed by atoms with Gasteiger partial charge < -0.3 is 9.73 Å². The van der Waals surface area contributed by atoms with E-state index < -0.39 is 0 Å². The standard InChI is InChI=1S/C14H20N2O/c1-5-15-9-10-6-7-12-11(8-10)16-13(17-12)14(2,3)4/h6-8,15H,5,9H2,1-4H3. The molecular formula is C14H20N2O. The predicted molar refractivity (Wildman–Crippen MR) is 70.1 cm³/mol. The molecule has 0 aliphatic heterocycles. The molecule has 0 atom stereocenters. The van der Waals surface area contributed by atoms with E-state index in [1.165, 1.54) is 5.56 Å². The molecule has 3 nitrogen and oxygen atoms in total. The summed E-state index contributed by atoms with van der Waals surface area (Å²) in [6.45, 7) is 10.3. The van der Waals surface area contributed by atoms with Crippen molar-refractivity contribution in [3.05, 3.63) is 29.7 Å². The lowest BCUT2D eigenvalue weighted by Gasteiger charge is -2.11. The van der Waals surface area contributed by atoms with Crippen LogP contribution < -0.4 is 5.32 Å². The van der Waals surface area contributed by atoms with Crippen LogP contribution >= 0.6 is 0 Å². The summed E-state index contributed by atoms with van der Waals surface area (Å²) in [5.41, 5.74) is 3.02. The monoisotopic (exact) mass is 232 g/mol. The SMILES string of the molecule is CCNCc1ccc2oc(C(C)(C)C)nc2c1. The topological polar surface area (TPSA) is 38.1 Å². The summed E-state index contributed by atoms with van der Waals surface area (Å²) in [4.78, 5) is 4.56. The quantitative estimate of drug-likeness (QED) is 0.882. The van der Waals surface area contributed by atoms with Gasteiger partial charge in [-0.2, -0.15) is 0 Å². The fraction of sp³-hybridized carbons (Fsp3) is 0.500. The number of fused-ring (bicyclic) bond motifs is 1. The van der Waals surface area contributed by atoms with Gasteiger partial charge in [0, 0.05) is 12.0 Å². The van der Waals surface area contributed by atoms with Crippen molar-refractivity contribution in [2.75, 3.05) is 6.54 Å². The maximum Gasteiger partial charge on any atom is 0.200 e. The van der Waals surface area contributed by atoms with Gasteiger partial charge in [-0.15, -0.1) is 0 Å². The second-order valence-corrected chi connectivity index (χ2v) is 5.35. The molecule has 3 heteroatoms. The summed E-state index contributed by atoms with van der Waals surface area (Å²) in [6, 6.07) is 6.18. The van der Waals surface area contributed by atoms with Crippen molar-refractivity contribution >= 4 is 11.1 Å². The molecule has 1 aromatic carbocycles. The minimum absolute atomic E-state index is 0.0408. The van der Waals surface area contributed by atoms with Crippen LogP contribution in [0.3, 0.4) is 0 Å². The van der Waals surface area contributed by atoms with Gasteiger partial charge in [0.15, 0.2) is 5.58 Å². The molecule has 17 heavy (non-hydrogen) atoms. The molecule has 0 aliphatic carbocycles. The molecule has 1 N–H and O–H groups in total. The molecule has 0 fully saturated rings. The molecule has 0 bridgehead atoms. The Labute approximate surface area is 102 Å². The Bertz CT molecular complexity index is 508. The van der Waals surface area contributed by atoms with Crippen LogP contribution in [0.25, 0.3) is 11.1 Å². The number of hydrogen-bond acceptors (Lipinski definition) is 3. The van der Waals surface area contributed by atoms with Crippen LogP contribution in [-0.2, 0) is 12.0 Å². The summed E-state index contributed by atoms with van der Waals surface area (Å²) in [5, 5.41) is 3.31. The smallest absolute Gasteiger partial charge is 0.200 e. The average Bonchev–Trinajstić information content (AvgIpc) is 2.68. The van der Waals surface area contributed by atoms with Crippen molar-refractivity contribution in [2.24, 2.45) is 0 Å². The van der Waals surface area contributed by atoms with Gasteiger partial charge in [0.25, 0.3) is 0 Å². The molecule has 0 aliphatic rings. The second-order valence-electron chi connectivity index (χ2n) is 5.35. The summed E-state index contributed by atoms with van der Waals surface area (Å²) in [5.74, 6) is 0.799. The zero-order chi connectivity index (χ0) is 12.5. The van der Waals surface area contributed by atoms with E-state index in [1.807, 2.05) is 6.07 Å². The maximum atomic E-state index is 5.76. The van der Waals surface area contributed by atoms with Crippen molar-refractivity contribution in [1.82, 2.24) is 10.3 Å². The van der Waals surface area contributed by atoms with Crippen LogP contribution in [0.15, 0.2) is 22.6 Å². The van der Waals surface area contributed by atoms with Crippen LogP contribution in [0.4, 0.5) is 0 Å². The van der Waals surface area contributed by atoms with E-state index in [0.29, 0.717) is 0 Å². The highest BCUT2D eigenvalue weighted by Gasteiger charge is 2.20. The minimum Gasteiger partial charge on any atom is -0.440 e. The first-order valence-electron chi connectivity index (χ1n) is 6.11. The van der Waals surface area contributed by atoms with Crippen LogP contribution in [0.2, 0.25) is 0 Å². The molecule has 0 spiro atoms. The first kappa shape index (κ1) is 12.1. The van der Waals surface area contributed by atoms with Gasteiger partial charge in [-0.25, -0.2) is 4.98 Å². The normalized spacial score (nSPS) is 12.2. The summed E-state index contributed by atoms with van der Waals surface area (Å²) in [7, 11) is 0. The first-order valence-corrected chi connectivity index (χ1v) is 6.11. The van der Waals surface area contributed by atoms with E-state index in [-0.39, 0.29) is 5.41 Å². The van der Waals surface area contributed by atoms with Gasteiger partial charge in [0.2, 0.25) is 5.89 Å². The number of nitrogens with one attached hydrogen (secondary N) is 1. The minimum atomic E-state index is -0.0408. The molecule has 1 aromatic heterocycles. The lowest BCUT2D eigenvalue weighted by molar-refractivity contribution is 0.411. The van der Waals surface area contributed by atoms with Gasteiger partial charge in [-0.05, 0) is 24.2 Å². The Balaban J connectivity index is 2.34. The number of benzene rings is 1. The van der Waals surface area contributed by atoms with Gasteiger partial charge in [0.05, 0.1) is 0 Å². The Morgan fingerprint density at radius 1 is 1.29 bits per heavy atom. The number of hydrogen-bond donors (Lipinski definition) is 1. The average molecular weight is 232 g/mol. The third kappa shape index (κ3) is 2.67. The molecule has 2 rings (SSSR count). The fourth-order valence-corrected chi connectivity index (χ4v) is 1.67. The first-order chi connectivity index (χ1) is 8.00. The van der Waals surface area contributed by atoms with E-state index in [0.717, 1.165) is 30.1 Å². The largest absolute Gasteiger partial charge is 0.440 e. The zero-order valence-electron chi connectivity index (χ0n) is 11.0. The number of oxazole rings is 1. The number of nitrogens with zero attached hydrogens (tertiary/aromatic N) is 1. The van der Waals surface area contributed by atoms with Crippen molar-refractivity contribution in [3.8, 4) is 0 Å². The van der Waals surface area contributed by atoms with Crippen molar-refractivity contribution < 1.29 is 4.42 Å². The number of rotatable bonds is 3. The lowest BCUT2D eigenvalue weighted by Crippen LogP contribution is -2.11. The lowest BCUT2D eigenvalue weighted by atomic mass is 9.97. The maximum absolute atomic E-state index is 5.76. The molecule has 0 amide bonds. The van der Waals surface area contributed by atoms with E-state index in [9.17, 15) is 0 Å². The number of aromatic nitrogens is 1. The second kappa shape index (κ2) is 4.49.